The second kappa shape index (κ2) is 6.31. The minimum absolute atomic E-state index is 0.00571. The standard InChI is InChI=1S/C12H9ClFN3O4/c13-7-5-6(1-2-8(7)14)15-12(20)11-9(16-21-17-11)3-4-10(18)19/h1-2,5H,3-4H2,(H,15,20)(H,18,19). The molecule has 2 rings (SSSR count). The molecule has 0 fully saturated rings. The summed E-state index contributed by atoms with van der Waals surface area (Å²) in [4.78, 5) is 22.5. The summed E-state index contributed by atoms with van der Waals surface area (Å²) < 4.78 is 17.5. The Balaban J connectivity index is 2.11. The second-order valence-electron chi connectivity index (χ2n) is 4.04. The van der Waals surface area contributed by atoms with Crippen LogP contribution in [0.15, 0.2) is 22.8 Å². The van der Waals surface area contributed by atoms with E-state index in [-0.39, 0.29) is 34.9 Å². The Morgan fingerprint density at radius 2 is 2.14 bits per heavy atom. The molecule has 0 aliphatic heterocycles. The van der Waals surface area contributed by atoms with E-state index in [1.54, 1.807) is 0 Å². The first kappa shape index (κ1) is 14.9. The van der Waals surface area contributed by atoms with Gasteiger partial charge in [-0.1, -0.05) is 16.8 Å². The maximum absolute atomic E-state index is 13.0. The molecular weight excluding hydrogens is 305 g/mol. The van der Waals surface area contributed by atoms with Crippen molar-refractivity contribution in [2.75, 3.05) is 5.32 Å². The van der Waals surface area contributed by atoms with Crippen LogP contribution in [-0.2, 0) is 11.2 Å². The first-order chi connectivity index (χ1) is 9.97. The van der Waals surface area contributed by atoms with Crippen LogP contribution in [0.1, 0.15) is 22.6 Å². The van der Waals surface area contributed by atoms with Gasteiger partial charge in [0, 0.05) is 12.1 Å². The van der Waals surface area contributed by atoms with E-state index in [0.717, 1.165) is 6.07 Å². The predicted octanol–water partition coefficient (Wildman–Crippen LogP) is 2.13. The highest BCUT2D eigenvalue weighted by Crippen LogP contribution is 2.20. The summed E-state index contributed by atoms with van der Waals surface area (Å²) in [6.45, 7) is 0. The maximum Gasteiger partial charge on any atom is 0.303 e. The van der Waals surface area contributed by atoms with Crippen LogP contribution in [0.3, 0.4) is 0 Å². The van der Waals surface area contributed by atoms with Gasteiger partial charge in [0.05, 0.1) is 11.4 Å². The fraction of sp³-hybridized carbons (Fsp3) is 0.167. The van der Waals surface area contributed by atoms with Crippen molar-refractivity contribution in [1.82, 2.24) is 10.3 Å². The van der Waals surface area contributed by atoms with Crippen molar-refractivity contribution in [2.24, 2.45) is 0 Å². The van der Waals surface area contributed by atoms with E-state index in [1.807, 2.05) is 0 Å². The van der Waals surface area contributed by atoms with Crippen molar-refractivity contribution >= 4 is 29.2 Å². The lowest BCUT2D eigenvalue weighted by molar-refractivity contribution is -0.136. The number of aryl methyl sites for hydroxylation is 1. The number of aromatic nitrogens is 2. The molecule has 1 aromatic carbocycles. The van der Waals surface area contributed by atoms with Gasteiger partial charge in [-0.2, -0.15) is 0 Å². The van der Waals surface area contributed by atoms with Crippen molar-refractivity contribution in [3.8, 4) is 0 Å². The van der Waals surface area contributed by atoms with Crippen LogP contribution in [0.2, 0.25) is 5.02 Å². The number of carboxylic acids is 1. The SMILES string of the molecule is O=C(O)CCc1nonc1C(=O)Nc1ccc(F)c(Cl)c1. The van der Waals surface area contributed by atoms with Crippen molar-refractivity contribution in [1.29, 1.82) is 0 Å². The number of anilines is 1. The van der Waals surface area contributed by atoms with E-state index in [0.29, 0.717) is 0 Å². The average Bonchev–Trinajstić information content (AvgIpc) is 2.89. The summed E-state index contributed by atoms with van der Waals surface area (Å²) in [5.74, 6) is -2.30. The highest BCUT2D eigenvalue weighted by Gasteiger charge is 2.19. The summed E-state index contributed by atoms with van der Waals surface area (Å²) in [5.41, 5.74) is 0.262. The van der Waals surface area contributed by atoms with Crippen molar-refractivity contribution in [2.45, 2.75) is 12.8 Å². The zero-order chi connectivity index (χ0) is 15.4. The van der Waals surface area contributed by atoms with Gasteiger partial charge < -0.3 is 10.4 Å². The Hall–Kier alpha value is -2.48. The third kappa shape index (κ3) is 3.76. The number of carboxylic acid groups (broad SMARTS) is 1. The molecule has 1 aromatic heterocycles. The predicted molar refractivity (Wildman–Crippen MR) is 69.6 cm³/mol. The molecule has 0 spiro atoms. The van der Waals surface area contributed by atoms with Crippen LogP contribution in [0, 0.1) is 5.82 Å². The number of carbonyl (C=O) groups excluding carboxylic acids is 1. The summed E-state index contributed by atoms with van der Waals surface area (Å²) in [6, 6.07) is 3.66. The summed E-state index contributed by atoms with van der Waals surface area (Å²) >= 11 is 5.60. The van der Waals surface area contributed by atoms with Gasteiger partial charge in [-0.05, 0) is 23.4 Å². The Morgan fingerprint density at radius 3 is 2.81 bits per heavy atom. The second-order valence-corrected chi connectivity index (χ2v) is 4.44. The summed E-state index contributed by atoms with van der Waals surface area (Å²) in [5, 5.41) is 17.8. The van der Waals surface area contributed by atoms with E-state index in [4.69, 9.17) is 16.7 Å². The number of hydrogen-bond acceptors (Lipinski definition) is 5. The Morgan fingerprint density at radius 1 is 1.38 bits per heavy atom. The zero-order valence-corrected chi connectivity index (χ0v) is 11.2. The van der Waals surface area contributed by atoms with Gasteiger partial charge in [-0.15, -0.1) is 0 Å². The molecule has 0 bridgehead atoms. The molecule has 2 aromatic rings. The van der Waals surface area contributed by atoms with Gasteiger partial charge in [-0.25, -0.2) is 9.02 Å². The van der Waals surface area contributed by atoms with Gasteiger partial charge >= 0.3 is 5.97 Å². The molecule has 0 atom stereocenters. The van der Waals surface area contributed by atoms with Crippen LogP contribution in [0.5, 0.6) is 0 Å². The Kier molecular flexibility index (Phi) is 4.49. The summed E-state index contributed by atoms with van der Waals surface area (Å²) in [7, 11) is 0. The van der Waals surface area contributed by atoms with E-state index in [1.165, 1.54) is 12.1 Å². The van der Waals surface area contributed by atoms with Gasteiger partial charge in [0.1, 0.15) is 11.5 Å². The molecule has 1 heterocycles. The minimum atomic E-state index is -1.03. The highest BCUT2D eigenvalue weighted by molar-refractivity contribution is 6.31. The molecule has 0 aliphatic rings. The minimum Gasteiger partial charge on any atom is -0.481 e. The van der Waals surface area contributed by atoms with Crippen LogP contribution in [-0.4, -0.2) is 27.3 Å². The lowest BCUT2D eigenvalue weighted by Crippen LogP contribution is -2.15. The normalized spacial score (nSPS) is 10.4. The fourth-order valence-electron chi connectivity index (χ4n) is 1.53. The largest absolute Gasteiger partial charge is 0.481 e. The van der Waals surface area contributed by atoms with Gasteiger partial charge in [0.2, 0.25) is 0 Å². The Labute approximate surface area is 122 Å². The number of benzene rings is 1. The fourth-order valence-corrected chi connectivity index (χ4v) is 1.71. The number of rotatable bonds is 5. The molecule has 0 radical (unpaired) electrons. The number of nitrogens with one attached hydrogen (secondary N) is 1. The third-order valence-electron chi connectivity index (χ3n) is 2.52. The topological polar surface area (TPSA) is 105 Å². The molecule has 0 saturated carbocycles. The lowest BCUT2D eigenvalue weighted by atomic mass is 10.2. The highest BCUT2D eigenvalue weighted by atomic mass is 35.5. The quantitative estimate of drug-likeness (QED) is 0.876. The van der Waals surface area contributed by atoms with Crippen LogP contribution < -0.4 is 5.32 Å². The van der Waals surface area contributed by atoms with Gasteiger partial charge in [0.25, 0.3) is 5.91 Å². The molecule has 1 amide bonds. The van der Waals surface area contributed by atoms with E-state index < -0.39 is 17.7 Å². The van der Waals surface area contributed by atoms with Crippen LogP contribution >= 0.6 is 11.6 Å². The average molecular weight is 314 g/mol. The van der Waals surface area contributed by atoms with E-state index in [2.05, 4.69) is 20.3 Å². The summed E-state index contributed by atoms with van der Waals surface area (Å²) in [6.07, 6.45) is -0.206. The lowest BCUT2D eigenvalue weighted by Gasteiger charge is -2.04. The molecular formula is C12H9ClFN3O4. The molecule has 110 valence electrons. The van der Waals surface area contributed by atoms with Crippen LogP contribution in [0.4, 0.5) is 10.1 Å². The van der Waals surface area contributed by atoms with Gasteiger partial charge in [0.15, 0.2) is 5.69 Å². The van der Waals surface area contributed by atoms with Crippen molar-refractivity contribution in [3.63, 3.8) is 0 Å². The number of carbonyl (C=O) groups is 2. The smallest absolute Gasteiger partial charge is 0.303 e. The molecule has 0 saturated heterocycles. The third-order valence-corrected chi connectivity index (χ3v) is 2.81. The molecule has 7 nitrogen and oxygen atoms in total. The number of aliphatic carboxylic acids is 1. The molecule has 0 unspecified atom stereocenters. The molecule has 21 heavy (non-hydrogen) atoms. The maximum atomic E-state index is 13.0. The van der Waals surface area contributed by atoms with E-state index >= 15 is 0 Å². The first-order valence-electron chi connectivity index (χ1n) is 5.77. The first-order valence-corrected chi connectivity index (χ1v) is 6.15. The zero-order valence-electron chi connectivity index (χ0n) is 10.5. The van der Waals surface area contributed by atoms with Crippen LogP contribution in [0.25, 0.3) is 0 Å². The molecule has 0 aliphatic carbocycles. The number of nitrogens with zero attached hydrogens (tertiary/aromatic N) is 2. The Bertz CT molecular complexity index is 689. The molecule has 9 heteroatoms. The number of hydrogen-bond donors (Lipinski definition) is 2. The number of halogens is 2. The number of amides is 1. The van der Waals surface area contributed by atoms with Crippen molar-refractivity contribution < 1.29 is 23.7 Å². The molecule has 2 N–H and O–H groups in total. The van der Waals surface area contributed by atoms with Crippen molar-refractivity contribution in [3.05, 3.63) is 40.4 Å². The van der Waals surface area contributed by atoms with Gasteiger partial charge in [-0.3, -0.25) is 9.59 Å². The monoisotopic (exact) mass is 313 g/mol. The van der Waals surface area contributed by atoms with E-state index in [9.17, 15) is 14.0 Å².